The van der Waals surface area contributed by atoms with Crippen molar-refractivity contribution in [1.82, 2.24) is 14.8 Å². The van der Waals surface area contributed by atoms with Crippen LogP contribution in [0.3, 0.4) is 0 Å². The number of benzene rings is 2. The first-order valence-corrected chi connectivity index (χ1v) is 20.8. The second kappa shape index (κ2) is 13.8. The molecule has 2 bridgehead atoms. The average Bonchev–Trinajstić information content (AvgIpc) is 3.86. The highest BCUT2D eigenvalue weighted by Crippen LogP contribution is 2.68. The molecular weight excluding hydrogens is 725 g/mol. The number of aliphatic hydroxyl groups excluding tert-OH is 2. The summed E-state index contributed by atoms with van der Waals surface area (Å²) in [5, 5.41) is 36.4. The molecule has 304 valence electrons. The van der Waals surface area contributed by atoms with Crippen molar-refractivity contribution in [3.63, 3.8) is 0 Å². The van der Waals surface area contributed by atoms with Gasteiger partial charge >= 0.3 is 11.9 Å². The van der Waals surface area contributed by atoms with Crippen LogP contribution in [-0.2, 0) is 42.4 Å². The Morgan fingerprint density at radius 2 is 1.86 bits per heavy atom. The Morgan fingerprint density at radius 3 is 2.56 bits per heavy atom. The summed E-state index contributed by atoms with van der Waals surface area (Å²) >= 11 is 0. The normalized spacial score (nSPS) is 36.5. The van der Waals surface area contributed by atoms with E-state index in [4.69, 9.17) is 9.47 Å². The summed E-state index contributed by atoms with van der Waals surface area (Å²) in [5.41, 5.74) is 2.01. The van der Waals surface area contributed by atoms with E-state index in [-0.39, 0.29) is 24.3 Å². The van der Waals surface area contributed by atoms with Crippen LogP contribution in [0.4, 0.5) is 5.69 Å². The van der Waals surface area contributed by atoms with Crippen LogP contribution >= 0.6 is 0 Å². The maximum absolute atomic E-state index is 14.5. The van der Waals surface area contributed by atoms with Crippen LogP contribution in [0.15, 0.2) is 48.6 Å². The SMILES string of the molecule is CCC1C[C@@H]2CN(Cc3c([nH]c4ccccc34)[C@H](C(=O)CO)[C@H]2c2cc3c(cc2CO)N(C)[C@H]2[C@@](O)(C(=O)OC)[C@H](OC(C)=O)[C@]4(CC)C=CCN5CC[C@]32[C@@H]54)C1. The first-order valence-electron chi connectivity index (χ1n) is 20.8. The Hall–Kier alpha value is -4.07. The van der Waals surface area contributed by atoms with Crippen molar-refractivity contribution < 1.29 is 39.2 Å². The number of aliphatic hydroxyl groups is 3. The number of esters is 2. The van der Waals surface area contributed by atoms with Gasteiger partial charge in [0.25, 0.3) is 0 Å². The number of likely N-dealkylation sites (N-methyl/N-ethyl adjacent to an activating group) is 1. The van der Waals surface area contributed by atoms with Gasteiger partial charge in [-0.2, -0.15) is 0 Å². The van der Waals surface area contributed by atoms with Gasteiger partial charge in [0.05, 0.1) is 25.7 Å². The van der Waals surface area contributed by atoms with Crippen molar-refractivity contribution in [2.45, 2.75) is 101 Å². The third-order valence-electron chi connectivity index (χ3n) is 15.3. The number of H-pyrrole nitrogens is 1. The van der Waals surface area contributed by atoms with Crippen molar-refractivity contribution >= 4 is 34.3 Å². The summed E-state index contributed by atoms with van der Waals surface area (Å²) in [7, 11) is 3.13. The molecule has 12 heteroatoms. The maximum Gasteiger partial charge on any atom is 0.344 e. The number of carbonyl (C=O) groups is 3. The number of rotatable bonds is 8. The molecule has 1 aromatic heterocycles. The predicted molar refractivity (Wildman–Crippen MR) is 214 cm³/mol. The number of para-hydroxylation sites is 1. The summed E-state index contributed by atoms with van der Waals surface area (Å²) in [4.78, 5) is 52.3. The third-order valence-corrected chi connectivity index (χ3v) is 15.3. The van der Waals surface area contributed by atoms with E-state index in [9.17, 15) is 29.7 Å². The molecule has 57 heavy (non-hydrogen) atoms. The molecule has 1 spiro atoms. The lowest BCUT2D eigenvalue weighted by atomic mass is 9.47. The quantitative estimate of drug-likeness (QED) is 0.194. The van der Waals surface area contributed by atoms with Gasteiger partial charge in [0.2, 0.25) is 5.60 Å². The van der Waals surface area contributed by atoms with Gasteiger partial charge in [-0.1, -0.05) is 56.7 Å². The highest BCUT2D eigenvalue weighted by atomic mass is 16.6. The van der Waals surface area contributed by atoms with Gasteiger partial charge in [-0.25, -0.2) is 4.79 Å². The van der Waals surface area contributed by atoms with Crippen molar-refractivity contribution in [1.29, 1.82) is 0 Å². The summed E-state index contributed by atoms with van der Waals surface area (Å²) in [6, 6.07) is 11.2. The molecule has 5 aliphatic heterocycles. The Kier molecular flexibility index (Phi) is 9.28. The van der Waals surface area contributed by atoms with Crippen molar-refractivity contribution in [3.8, 4) is 0 Å². The van der Waals surface area contributed by atoms with Gasteiger partial charge in [-0.05, 0) is 72.0 Å². The van der Waals surface area contributed by atoms with Crippen molar-refractivity contribution in [2.75, 3.05) is 51.8 Å². The van der Waals surface area contributed by atoms with Crippen molar-refractivity contribution in [2.24, 2.45) is 17.3 Å². The molecule has 3 fully saturated rings. The molecule has 2 aromatic carbocycles. The molecule has 11 atom stereocenters. The zero-order chi connectivity index (χ0) is 40.2. The van der Waals surface area contributed by atoms with E-state index in [1.54, 1.807) is 0 Å². The molecular formula is C45H56N4O8. The average molecular weight is 781 g/mol. The number of carbonyl (C=O) groups excluding carboxylic acids is 3. The minimum atomic E-state index is -2.27. The number of piperidine rings is 1. The van der Waals surface area contributed by atoms with E-state index >= 15 is 0 Å². The van der Waals surface area contributed by atoms with Crippen LogP contribution in [0.2, 0.25) is 0 Å². The zero-order valence-electron chi connectivity index (χ0n) is 33.7. The predicted octanol–water partition coefficient (Wildman–Crippen LogP) is 3.90. The largest absolute Gasteiger partial charge is 0.467 e. The molecule has 0 radical (unpaired) electrons. The number of hydrogen-bond acceptors (Lipinski definition) is 11. The fourth-order valence-corrected chi connectivity index (χ4v) is 13.4. The van der Waals surface area contributed by atoms with Gasteiger partial charge < -0.3 is 34.7 Å². The van der Waals surface area contributed by atoms with E-state index in [0.29, 0.717) is 44.0 Å². The molecule has 1 saturated carbocycles. The van der Waals surface area contributed by atoms with Crippen LogP contribution in [0, 0.1) is 17.3 Å². The molecule has 6 aliphatic rings. The summed E-state index contributed by atoms with van der Waals surface area (Å²) in [6.07, 6.45) is 5.85. The topological polar surface area (TPSA) is 156 Å². The van der Waals surface area contributed by atoms with E-state index in [0.717, 1.165) is 64.9 Å². The number of Topliss-reactive ketones (excluding diaryl/α,β-unsaturated/α-hetero) is 1. The molecule has 2 saturated heterocycles. The fourth-order valence-electron chi connectivity index (χ4n) is 13.4. The monoisotopic (exact) mass is 780 g/mol. The smallest absolute Gasteiger partial charge is 0.344 e. The number of ketones is 1. The molecule has 6 heterocycles. The summed E-state index contributed by atoms with van der Waals surface area (Å²) < 4.78 is 11.6. The second-order valence-electron chi connectivity index (χ2n) is 17.8. The number of ether oxygens (including phenoxy) is 2. The van der Waals surface area contributed by atoms with Gasteiger partial charge in [0.15, 0.2) is 11.9 Å². The summed E-state index contributed by atoms with van der Waals surface area (Å²) in [5.74, 6) is -2.42. The highest BCUT2D eigenvalue weighted by Gasteiger charge is 2.80. The maximum atomic E-state index is 14.5. The first kappa shape index (κ1) is 38.4. The summed E-state index contributed by atoms with van der Waals surface area (Å²) in [6.45, 7) is 8.39. The van der Waals surface area contributed by atoms with Crippen molar-refractivity contribution in [3.05, 3.63) is 76.5 Å². The first-order chi connectivity index (χ1) is 27.4. The number of anilines is 1. The number of nitrogens with zero attached hydrogens (tertiary/aromatic N) is 3. The lowest BCUT2D eigenvalue weighted by Gasteiger charge is -2.63. The number of hydrogen-bond donors (Lipinski definition) is 4. The Balaban J connectivity index is 1.32. The van der Waals surface area contributed by atoms with Gasteiger partial charge in [-0.3, -0.25) is 19.4 Å². The molecule has 12 nitrogen and oxygen atoms in total. The van der Waals surface area contributed by atoms with Crippen LogP contribution in [0.5, 0.6) is 0 Å². The van der Waals surface area contributed by atoms with Gasteiger partial charge in [0, 0.05) is 85.2 Å². The minimum Gasteiger partial charge on any atom is -0.467 e. The second-order valence-corrected chi connectivity index (χ2v) is 17.8. The van der Waals surface area contributed by atoms with Crippen LogP contribution in [-0.4, -0.2) is 119 Å². The van der Waals surface area contributed by atoms with Crippen LogP contribution in [0.1, 0.15) is 86.2 Å². The number of fused-ring (bicyclic) bond motifs is 6. The van der Waals surface area contributed by atoms with E-state index in [2.05, 4.69) is 46.0 Å². The zero-order valence-corrected chi connectivity index (χ0v) is 33.7. The molecule has 0 amide bonds. The minimum absolute atomic E-state index is 0.0265. The Morgan fingerprint density at radius 1 is 1.07 bits per heavy atom. The Bertz CT molecular complexity index is 2170. The van der Waals surface area contributed by atoms with E-state index in [1.165, 1.54) is 14.0 Å². The molecule has 4 N–H and O–H groups in total. The molecule has 3 aromatic rings. The number of aromatic amines is 1. The lowest BCUT2D eigenvalue weighted by molar-refractivity contribution is -0.228. The van der Waals surface area contributed by atoms with E-state index in [1.807, 2.05) is 43.1 Å². The highest BCUT2D eigenvalue weighted by molar-refractivity contribution is 5.93. The number of methoxy groups -OCH3 is 1. The van der Waals surface area contributed by atoms with E-state index < -0.39 is 59.0 Å². The standard InChI is InChI=1S/C45H56N4O8/c1-6-26-17-27-21-48(20-26)22-31-29-11-8-9-12-33(29)46-38(31)37(35(53)24-51)36(27)30-19-32-34(18-28(30)23-50)47(4)40-44(32)14-16-49-15-10-13-43(7-2,39(44)49)41(57-25(3)52)45(40,55)42(54)56-5/h8-13,18-19,26-27,36-37,39-41,46,50-51,55H,6-7,14-17,20-24H2,1-5H3/t26?,27-,36-,37-,39+,40-,41-,43-,44-,45+/m1/s1. The van der Waals surface area contributed by atoms with Gasteiger partial charge in [0.1, 0.15) is 6.61 Å². The van der Waals surface area contributed by atoms with Crippen LogP contribution in [0.25, 0.3) is 10.9 Å². The molecule has 9 rings (SSSR count). The fraction of sp³-hybridized carbons (Fsp3) is 0.578. The number of aromatic nitrogens is 1. The van der Waals surface area contributed by atoms with Gasteiger partial charge in [-0.15, -0.1) is 0 Å². The third kappa shape index (κ3) is 5.13. The Labute approximate surface area is 333 Å². The molecule has 1 aliphatic carbocycles. The van der Waals surface area contributed by atoms with Crippen LogP contribution < -0.4 is 4.90 Å². The molecule has 2 unspecified atom stereocenters. The number of nitrogens with one attached hydrogen (secondary N) is 1. The lowest BCUT2D eigenvalue weighted by Crippen LogP contribution is -2.81.